The fourth-order valence-electron chi connectivity index (χ4n) is 2.04. The van der Waals surface area contributed by atoms with E-state index in [0.717, 1.165) is 5.39 Å². The number of nitrogens with one attached hydrogen (secondary N) is 1. The average molecular weight is 269 g/mol. The number of hydrogen-bond donors (Lipinski definition) is 2. The second-order valence-electron chi connectivity index (χ2n) is 4.16. The molecule has 3 N–H and O–H groups in total. The van der Waals surface area contributed by atoms with E-state index >= 15 is 0 Å². The van der Waals surface area contributed by atoms with Gasteiger partial charge in [-0.25, -0.2) is 15.0 Å². The number of carbonyl (C=O) groups excluding carboxylic acids is 1. The molecule has 20 heavy (non-hydrogen) atoms. The minimum Gasteiger partial charge on any atom is -0.274 e. The van der Waals surface area contributed by atoms with E-state index in [2.05, 4.69) is 11.2 Å². The molecule has 3 aromatic rings. The first kappa shape index (κ1) is 12.3. The van der Waals surface area contributed by atoms with Crippen molar-refractivity contribution in [2.24, 2.45) is 5.84 Å². The number of hydrazine groups is 1. The van der Waals surface area contributed by atoms with Crippen molar-refractivity contribution < 1.29 is 9.18 Å². The molecule has 0 fully saturated rings. The van der Waals surface area contributed by atoms with Crippen molar-refractivity contribution in [2.75, 3.05) is 0 Å². The molecule has 1 aromatic heterocycles. The summed E-state index contributed by atoms with van der Waals surface area (Å²) in [4.78, 5) is 11.7. The minimum absolute atomic E-state index is 0.330. The van der Waals surface area contributed by atoms with Gasteiger partial charge in [0.2, 0.25) is 0 Å². The van der Waals surface area contributed by atoms with Crippen LogP contribution in [0.2, 0.25) is 0 Å². The number of rotatable bonds is 1. The summed E-state index contributed by atoms with van der Waals surface area (Å²) in [7, 11) is 0. The second kappa shape index (κ2) is 4.75. The van der Waals surface area contributed by atoms with Crippen molar-refractivity contribution in [2.45, 2.75) is 0 Å². The number of nitrogen functional groups attached to an aromatic ring is 1. The number of aromatic nitrogens is 2. The fraction of sp³-hybridized carbons (Fsp3) is 0. The number of nitrogens with zero attached hydrogens (tertiary/aromatic N) is 2. The molecule has 2 aromatic carbocycles. The van der Waals surface area contributed by atoms with Crippen LogP contribution < -0.4 is 11.3 Å². The van der Waals surface area contributed by atoms with Gasteiger partial charge in [-0.15, -0.1) is 0 Å². The van der Waals surface area contributed by atoms with Crippen LogP contribution in [0.25, 0.3) is 22.2 Å². The van der Waals surface area contributed by atoms with Gasteiger partial charge in [0.25, 0.3) is 0 Å². The smallest absolute Gasteiger partial charge is 0.274 e. The van der Waals surface area contributed by atoms with Crippen LogP contribution in [0.1, 0.15) is 0 Å². The Morgan fingerprint density at radius 3 is 2.75 bits per heavy atom. The zero-order valence-corrected chi connectivity index (χ0v) is 10.3. The highest BCUT2D eigenvalue weighted by Gasteiger charge is 2.15. The molecule has 1 radical (unpaired) electrons. The van der Waals surface area contributed by atoms with Gasteiger partial charge in [-0.3, -0.25) is 5.43 Å². The number of benzene rings is 2. The molecule has 5 nitrogen and oxygen atoms in total. The lowest BCUT2D eigenvalue weighted by atomic mass is 10.1. The van der Waals surface area contributed by atoms with Crippen LogP contribution in [0.4, 0.5) is 9.18 Å². The third kappa shape index (κ3) is 1.92. The number of hydrogen-bond acceptors (Lipinski definition) is 3. The van der Waals surface area contributed by atoms with Gasteiger partial charge in [0.05, 0.1) is 5.52 Å². The zero-order valence-electron chi connectivity index (χ0n) is 10.3. The van der Waals surface area contributed by atoms with Crippen LogP contribution in [0.15, 0.2) is 42.5 Å². The van der Waals surface area contributed by atoms with Crippen molar-refractivity contribution >= 4 is 16.9 Å². The van der Waals surface area contributed by atoms with Crippen LogP contribution >= 0.6 is 0 Å². The van der Waals surface area contributed by atoms with Gasteiger partial charge in [0.15, 0.2) is 0 Å². The quantitative estimate of drug-likeness (QED) is 0.403. The van der Waals surface area contributed by atoms with Crippen molar-refractivity contribution in [3.8, 4) is 11.3 Å². The Balaban J connectivity index is 2.26. The largest absolute Gasteiger partial charge is 0.356 e. The highest BCUT2D eigenvalue weighted by molar-refractivity contribution is 5.98. The van der Waals surface area contributed by atoms with Gasteiger partial charge in [-0.05, 0) is 42.5 Å². The first-order valence-corrected chi connectivity index (χ1v) is 5.86. The molecule has 0 atom stereocenters. The molecule has 99 valence electrons. The molecule has 1 heterocycles. The highest BCUT2D eigenvalue weighted by atomic mass is 19.1. The summed E-state index contributed by atoms with van der Waals surface area (Å²) in [6.45, 7) is 0. The summed E-state index contributed by atoms with van der Waals surface area (Å²) < 4.78 is 14.2. The van der Waals surface area contributed by atoms with Gasteiger partial charge in [0, 0.05) is 10.9 Å². The van der Waals surface area contributed by atoms with Crippen molar-refractivity contribution in [1.82, 2.24) is 15.2 Å². The maximum absolute atomic E-state index is 13.0. The lowest BCUT2D eigenvalue weighted by molar-refractivity contribution is 0.241. The lowest BCUT2D eigenvalue weighted by Crippen LogP contribution is -2.34. The molecule has 0 aliphatic rings. The summed E-state index contributed by atoms with van der Waals surface area (Å²) in [5.74, 6) is 4.82. The van der Waals surface area contributed by atoms with E-state index in [1.54, 1.807) is 30.3 Å². The molecule has 0 saturated heterocycles. The lowest BCUT2D eigenvalue weighted by Gasteiger charge is -1.99. The second-order valence-corrected chi connectivity index (χ2v) is 4.16. The Labute approximate surface area is 113 Å². The zero-order chi connectivity index (χ0) is 14.1. The van der Waals surface area contributed by atoms with Crippen molar-refractivity contribution in [3.05, 3.63) is 54.3 Å². The summed E-state index contributed by atoms with van der Waals surface area (Å²) in [5.41, 5.74) is 3.92. The topological polar surface area (TPSA) is 72.9 Å². The standard InChI is InChI=1S/C14H10FN4O/c15-10-7-5-9(6-8-10)13-11-3-1-2-4-12(11)19(18-13)14(20)17-16/h2-8H,16H2,(H,17,20). The Bertz CT molecular complexity index is 779. The number of fused-ring (bicyclic) bond motifs is 1. The monoisotopic (exact) mass is 269 g/mol. The Hall–Kier alpha value is -2.73. The van der Waals surface area contributed by atoms with E-state index in [9.17, 15) is 9.18 Å². The maximum Gasteiger partial charge on any atom is 0.356 e. The van der Waals surface area contributed by atoms with Gasteiger partial charge in [-0.2, -0.15) is 9.78 Å². The Morgan fingerprint density at radius 2 is 2.05 bits per heavy atom. The van der Waals surface area contributed by atoms with E-state index in [4.69, 9.17) is 5.84 Å². The first-order valence-electron chi connectivity index (χ1n) is 5.86. The predicted octanol–water partition coefficient (Wildman–Crippen LogP) is 2.07. The van der Waals surface area contributed by atoms with E-state index in [1.165, 1.54) is 16.8 Å². The molecule has 6 heteroatoms. The summed E-state index contributed by atoms with van der Waals surface area (Å²) in [5, 5.41) is 4.98. The highest BCUT2D eigenvalue weighted by Crippen LogP contribution is 2.27. The van der Waals surface area contributed by atoms with E-state index < -0.39 is 6.03 Å². The summed E-state index contributed by atoms with van der Waals surface area (Å²) in [6, 6.07) is 13.4. The number of carbonyl (C=O) groups is 1. The molecule has 0 bridgehead atoms. The van der Waals surface area contributed by atoms with Crippen LogP contribution in [0, 0.1) is 11.9 Å². The van der Waals surface area contributed by atoms with E-state index in [1.807, 2.05) is 5.43 Å². The third-order valence-corrected chi connectivity index (χ3v) is 2.96. The molecule has 1 amide bonds. The van der Waals surface area contributed by atoms with E-state index in [0.29, 0.717) is 16.8 Å². The molecule has 3 rings (SSSR count). The molecular formula is C14H10FN4O. The van der Waals surface area contributed by atoms with Gasteiger partial charge in [-0.1, -0.05) is 6.07 Å². The Morgan fingerprint density at radius 1 is 1.30 bits per heavy atom. The Kier molecular flexibility index (Phi) is 2.92. The van der Waals surface area contributed by atoms with Gasteiger partial charge in [0.1, 0.15) is 11.5 Å². The molecule has 0 aliphatic heterocycles. The summed E-state index contributed by atoms with van der Waals surface area (Å²) in [6.07, 6.45) is 0. The first-order chi connectivity index (χ1) is 9.70. The number of halogens is 1. The number of nitrogens with two attached hydrogens (primary N) is 1. The molecule has 0 spiro atoms. The SMILES string of the molecule is NNC(=O)n1nc(-c2ccc(F)cc2)c2c[c]ccc21. The third-order valence-electron chi connectivity index (χ3n) is 2.96. The summed E-state index contributed by atoms with van der Waals surface area (Å²) >= 11 is 0. The van der Waals surface area contributed by atoms with E-state index in [-0.39, 0.29) is 5.82 Å². The normalized spacial score (nSPS) is 10.7. The molecule has 0 aliphatic carbocycles. The number of amides is 1. The van der Waals surface area contributed by atoms with Gasteiger partial charge < -0.3 is 0 Å². The van der Waals surface area contributed by atoms with Crippen LogP contribution in [0.3, 0.4) is 0 Å². The predicted molar refractivity (Wildman–Crippen MR) is 72.1 cm³/mol. The van der Waals surface area contributed by atoms with Crippen LogP contribution in [-0.2, 0) is 0 Å². The van der Waals surface area contributed by atoms with Crippen molar-refractivity contribution in [3.63, 3.8) is 0 Å². The van der Waals surface area contributed by atoms with Crippen LogP contribution in [0.5, 0.6) is 0 Å². The van der Waals surface area contributed by atoms with Gasteiger partial charge >= 0.3 is 6.03 Å². The van der Waals surface area contributed by atoms with Crippen LogP contribution in [-0.4, -0.2) is 15.8 Å². The average Bonchev–Trinajstić information content (AvgIpc) is 2.87. The van der Waals surface area contributed by atoms with Crippen molar-refractivity contribution in [1.29, 1.82) is 0 Å². The molecule has 0 unspecified atom stereocenters. The molecular weight excluding hydrogens is 259 g/mol. The minimum atomic E-state index is -0.547. The maximum atomic E-state index is 13.0. The fourth-order valence-corrected chi connectivity index (χ4v) is 2.04. The molecule has 0 saturated carbocycles.